The summed E-state index contributed by atoms with van der Waals surface area (Å²) in [5.74, 6) is 6.38. The predicted molar refractivity (Wildman–Crippen MR) is 174 cm³/mol. The zero-order valence-corrected chi connectivity index (χ0v) is 23.2. The molecule has 0 fully saturated rings. The van der Waals surface area contributed by atoms with Crippen molar-refractivity contribution in [3.05, 3.63) is 120 Å². The number of rotatable bonds is 2. The molecule has 5 heteroatoms. The van der Waals surface area contributed by atoms with Crippen LogP contribution in [0.4, 0.5) is 0 Å². The summed E-state index contributed by atoms with van der Waals surface area (Å²) in [6, 6.07) is 36.8. The van der Waals surface area contributed by atoms with Crippen LogP contribution in [0.15, 0.2) is 118 Å². The lowest BCUT2D eigenvalue weighted by Crippen LogP contribution is -2.02. The van der Waals surface area contributed by atoms with Gasteiger partial charge in [0.25, 0.3) is 0 Å². The monoisotopic (exact) mass is 561 g/mol. The molecule has 0 bridgehead atoms. The first-order valence-corrected chi connectivity index (χ1v) is 14.3. The highest BCUT2D eigenvalue weighted by Crippen LogP contribution is 2.43. The van der Waals surface area contributed by atoms with Crippen LogP contribution in [0.3, 0.4) is 0 Å². The molecule has 0 aliphatic heterocycles. The van der Waals surface area contributed by atoms with Crippen LogP contribution in [0, 0.1) is 34.5 Å². The normalized spacial score (nSPS) is 13.4. The summed E-state index contributed by atoms with van der Waals surface area (Å²) >= 11 is 0. The zero-order valence-electron chi connectivity index (χ0n) is 23.2. The molecule has 44 heavy (non-hydrogen) atoms. The molecule has 3 heterocycles. The van der Waals surface area contributed by atoms with Crippen molar-refractivity contribution in [2.75, 3.05) is 0 Å². The smallest absolute Gasteiger partial charge is 0.136 e. The second kappa shape index (κ2) is 9.01. The van der Waals surface area contributed by atoms with Crippen molar-refractivity contribution < 1.29 is 8.83 Å². The standard InChI is InChI=1S/C39H19N3O2/c40-21-23-13-15-33-28(19-23)38-35(43-33)17-18-36-39(38)29-20-24(14-16-34(29)44-36)37-25(22-41)7-1-4-12-32(37)42-30-10-5-2-8-26(30)27-9-3-6-11-31(27)42/h2-3,5-6,8-20H,7H2. The van der Waals surface area contributed by atoms with Crippen molar-refractivity contribution in [3.8, 4) is 24.0 Å². The molecule has 202 valence electrons. The number of benzene rings is 5. The van der Waals surface area contributed by atoms with Gasteiger partial charge < -0.3 is 13.4 Å². The Labute approximate surface area is 250 Å². The Morgan fingerprint density at radius 2 is 1.25 bits per heavy atom. The van der Waals surface area contributed by atoms with E-state index in [9.17, 15) is 10.5 Å². The molecule has 0 spiro atoms. The molecular formula is C39H19N3O2. The van der Waals surface area contributed by atoms with E-state index in [1.165, 1.54) is 0 Å². The molecule has 9 rings (SSSR count). The van der Waals surface area contributed by atoms with Crippen LogP contribution in [0.25, 0.3) is 77.0 Å². The van der Waals surface area contributed by atoms with Gasteiger partial charge in [-0.2, -0.15) is 10.5 Å². The van der Waals surface area contributed by atoms with E-state index in [2.05, 4.69) is 71.0 Å². The number of allylic oxidation sites excluding steroid dienone is 4. The second-order valence-electron chi connectivity index (χ2n) is 10.9. The van der Waals surface area contributed by atoms with Gasteiger partial charge in [-0.25, -0.2) is 0 Å². The molecule has 0 saturated heterocycles. The Balaban J connectivity index is 1.36. The maximum absolute atomic E-state index is 10.4. The van der Waals surface area contributed by atoms with E-state index in [1.54, 1.807) is 6.07 Å². The number of fused-ring (bicyclic) bond motifs is 10. The van der Waals surface area contributed by atoms with Gasteiger partial charge >= 0.3 is 0 Å². The largest absolute Gasteiger partial charge is 0.456 e. The van der Waals surface area contributed by atoms with E-state index in [0.29, 0.717) is 23.1 Å². The maximum atomic E-state index is 10.4. The van der Waals surface area contributed by atoms with Gasteiger partial charge in [-0.3, -0.25) is 0 Å². The lowest BCUT2D eigenvalue weighted by molar-refractivity contribution is 0.663. The molecule has 0 radical (unpaired) electrons. The molecular weight excluding hydrogens is 542 g/mol. The minimum absolute atomic E-state index is 0.348. The molecule has 3 aromatic heterocycles. The quantitative estimate of drug-likeness (QED) is 0.197. The van der Waals surface area contributed by atoms with Crippen molar-refractivity contribution >= 4 is 77.0 Å². The molecule has 5 aromatic carbocycles. The van der Waals surface area contributed by atoms with E-state index >= 15 is 0 Å². The Bertz CT molecular complexity index is 2720. The first kappa shape index (κ1) is 24.2. The van der Waals surface area contributed by atoms with E-state index in [-0.39, 0.29) is 0 Å². The Morgan fingerprint density at radius 1 is 0.636 bits per heavy atom. The summed E-state index contributed by atoms with van der Waals surface area (Å²) in [5, 5.41) is 25.9. The highest BCUT2D eigenvalue weighted by molar-refractivity contribution is 6.26. The van der Waals surface area contributed by atoms with Crippen LogP contribution in [0.2, 0.25) is 0 Å². The molecule has 0 unspecified atom stereocenters. The summed E-state index contributed by atoms with van der Waals surface area (Å²) in [6.07, 6.45) is 2.28. The fraction of sp³-hybridized carbons (Fsp3) is 0.0256. The highest BCUT2D eigenvalue weighted by Gasteiger charge is 2.23. The summed E-state index contributed by atoms with van der Waals surface area (Å²) in [5.41, 5.74) is 8.73. The second-order valence-corrected chi connectivity index (χ2v) is 10.9. The van der Waals surface area contributed by atoms with Crippen molar-refractivity contribution in [1.82, 2.24) is 4.57 Å². The average Bonchev–Trinajstić information content (AvgIpc) is 3.68. The van der Waals surface area contributed by atoms with Gasteiger partial charge in [0.05, 0.1) is 40.0 Å². The molecule has 0 N–H and O–H groups in total. The summed E-state index contributed by atoms with van der Waals surface area (Å²) in [7, 11) is 0. The first-order chi connectivity index (χ1) is 21.7. The van der Waals surface area contributed by atoms with Crippen LogP contribution in [-0.4, -0.2) is 4.57 Å². The molecule has 0 saturated carbocycles. The molecule has 8 aromatic rings. The zero-order chi connectivity index (χ0) is 29.4. The molecule has 1 aliphatic carbocycles. The van der Waals surface area contributed by atoms with Crippen molar-refractivity contribution in [3.63, 3.8) is 0 Å². The van der Waals surface area contributed by atoms with Crippen LogP contribution in [0.1, 0.15) is 17.5 Å². The lowest BCUT2D eigenvalue weighted by atomic mass is 9.94. The molecule has 0 atom stereocenters. The number of aromatic nitrogens is 1. The minimum Gasteiger partial charge on any atom is -0.456 e. The lowest BCUT2D eigenvalue weighted by Gasteiger charge is -2.17. The topological polar surface area (TPSA) is 78.8 Å². The minimum atomic E-state index is 0.348. The fourth-order valence-electron chi connectivity index (χ4n) is 6.71. The average molecular weight is 562 g/mol. The predicted octanol–water partition coefficient (Wildman–Crippen LogP) is 9.69. The Kier molecular flexibility index (Phi) is 4.94. The van der Waals surface area contributed by atoms with E-state index < -0.39 is 0 Å². The van der Waals surface area contributed by atoms with Gasteiger partial charge in [-0.05, 0) is 60.2 Å². The number of furan rings is 2. The van der Waals surface area contributed by atoms with Gasteiger partial charge in [0.15, 0.2) is 0 Å². The van der Waals surface area contributed by atoms with Gasteiger partial charge in [0, 0.05) is 50.4 Å². The van der Waals surface area contributed by atoms with E-state index in [0.717, 1.165) is 76.9 Å². The fourth-order valence-corrected chi connectivity index (χ4v) is 6.71. The summed E-state index contributed by atoms with van der Waals surface area (Å²) in [6.45, 7) is 0. The van der Waals surface area contributed by atoms with Crippen molar-refractivity contribution in [2.45, 2.75) is 6.42 Å². The third-order valence-corrected chi connectivity index (χ3v) is 8.57. The van der Waals surface area contributed by atoms with E-state index in [4.69, 9.17) is 8.83 Å². The maximum Gasteiger partial charge on any atom is 0.136 e. The number of hydrogen-bond acceptors (Lipinski definition) is 4. The van der Waals surface area contributed by atoms with Crippen LogP contribution < -0.4 is 0 Å². The van der Waals surface area contributed by atoms with Gasteiger partial charge in [0.2, 0.25) is 0 Å². The van der Waals surface area contributed by atoms with Gasteiger partial charge in [-0.15, -0.1) is 0 Å². The SMILES string of the molecule is N#CC1=C(c2ccc3oc4ccc5oc6ccc(C#N)cc6c5c4c3c2)C(n2c3ccccc3c3ccccc32)=CC#CC1. The van der Waals surface area contributed by atoms with Crippen molar-refractivity contribution in [2.24, 2.45) is 0 Å². The van der Waals surface area contributed by atoms with Gasteiger partial charge in [0.1, 0.15) is 22.3 Å². The molecule has 0 amide bonds. The summed E-state index contributed by atoms with van der Waals surface area (Å²) < 4.78 is 14.8. The number of hydrogen-bond donors (Lipinski definition) is 0. The number of nitrogens with zero attached hydrogens (tertiary/aromatic N) is 3. The van der Waals surface area contributed by atoms with Crippen LogP contribution in [0.5, 0.6) is 0 Å². The third kappa shape index (κ3) is 3.28. The Hall–Kier alpha value is -6.48. The Morgan fingerprint density at radius 3 is 1.91 bits per heavy atom. The van der Waals surface area contributed by atoms with Crippen LogP contribution in [-0.2, 0) is 0 Å². The van der Waals surface area contributed by atoms with Crippen molar-refractivity contribution in [1.29, 1.82) is 10.5 Å². The van der Waals surface area contributed by atoms with Crippen LogP contribution >= 0.6 is 0 Å². The molecule has 5 nitrogen and oxygen atoms in total. The first-order valence-electron chi connectivity index (χ1n) is 14.3. The highest BCUT2D eigenvalue weighted by atomic mass is 16.3. The number of nitriles is 2. The summed E-state index contributed by atoms with van der Waals surface area (Å²) in [4.78, 5) is 0. The van der Waals surface area contributed by atoms with Gasteiger partial charge in [-0.1, -0.05) is 54.3 Å². The third-order valence-electron chi connectivity index (χ3n) is 8.57. The molecule has 1 aliphatic rings. The number of para-hydroxylation sites is 2. The van der Waals surface area contributed by atoms with E-state index in [1.807, 2.05) is 54.6 Å².